The van der Waals surface area contributed by atoms with E-state index in [1.807, 2.05) is 0 Å². The Morgan fingerprint density at radius 1 is 1.38 bits per heavy atom. The highest BCUT2D eigenvalue weighted by atomic mass is 15.2. The lowest BCUT2D eigenvalue weighted by Crippen LogP contribution is -2.30. The van der Waals surface area contributed by atoms with Gasteiger partial charge in [-0.2, -0.15) is 0 Å². The van der Waals surface area contributed by atoms with Gasteiger partial charge in [-0.25, -0.2) is 0 Å². The van der Waals surface area contributed by atoms with E-state index >= 15 is 0 Å². The van der Waals surface area contributed by atoms with E-state index < -0.39 is 0 Å². The van der Waals surface area contributed by atoms with Gasteiger partial charge in [-0.3, -0.25) is 0 Å². The molecule has 0 bridgehead atoms. The zero-order chi connectivity index (χ0) is 9.47. The Bertz CT molecular complexity index is 184. The molecule has 1 saturated carbocycles. The van der Waals surface area contributed by atoms with Crippen molar-refractivity contribution in [2.75, 3.05) is 19.6 Å². The number of nitrogens with zero attached hydrogens (tertiary/aromatic N) is 1. The molecule has 0 aromatic rings. The Morgan fingerprint density at radius 3 is 2.54 bits per heavy atom. The smallest absolute Gasteiger partial charge is 0.00384 e. The number of rotatable bonds is 3. The van der Waals surface area contributed by atoms with Crippen molar-refractivity contribution in [2.45, 2.75) is 40.0 Å². The van der Waals surface area contributed by atoms with Gasteiger partial charge in [0.05, 0.1) is 0 Å². The summed E-state index contributed by atoms with van der Waals surface area (Å²) in [6, 6.07) is 0. The normalized spacial score (nSPS) is 36.0. The Balaban J connectivity index is 1.84. The van der Waals surface area contributed by atoms with Crippen LogP contribution in [0.1, 0.15) is 40.0 Å². The molecule has 0 aromatic carbocycles. The van der Waals surface area contributed by atoms with Crippen LogP contribution in [-0.4, -0.2) is 24.5 Å². The van der Waals surface area contributed by atoms with Gasteiger partial charge in [0.25, 0.3) is 0 Å². The van der Waals surface area contributed by atoms with Crippen LogP contribution in [0.4, 0.5) is 0 Å². The second kappa shape index (κ2) is 3.27. The first-order valence-corrected chi connectivity index (χ1v) is 5.82. The van der Waals surface area contributed by atoms with Gasteiger partial charge >= 0.3 is 0 Å². The second-order valence-corrected chi connectivity index (χ2v) is 5.74. The van der Waals surface area contributed by atoms with E-state index in [0.717, 1.165) is 11.8 Å². The van der Waals surface area contributed by atoms with Crippen molar-refractivity contribution in [2.24, 2.45) is 17.3 Å². The third-order valence-corrected chi connectivity index (χ3v) is 4.19. The van der Waals surface area contributed by atoms with E-state index in [-0.39, 0.29) is 0 Å². The van der Waals surface area contributed by atoms with E-state index in [4.69, 9.17) is 0 Å². The van der Waals surface area contributed by atoms with Crippen LogP contribution < -0.4 is 0 Å². The predicted molar refractivity (Wildman–Crippen MR) is 56.7 cm³/mol. The second-order valence-electron chi connectivity index (χ2n) is 5.74. The molecule has 0 spiro atoms. The third kappa shape index (κ3) is 2.07. The first-order chi connectivity index (χ1) is 6.10. The van der Waals surface area contributed by atoms with Crippen molar-refractivity contribution < 1.29 is 0 Å². The zero-order valence-electron chi connectivity index (χ0n) is 9.34. The van der Waals surface area contributed by atoms with Gasteiger partial charge in [0.1, 0.15) is 0 Å². The third-order valence-electron chi connectivity index (χ3n) is 4.19. The van der Waals surface area contributed by atoms with Crippen LogP contribution in [-0.2, 0) is 0 Å². The van der Waals surface area contributed by atoms with Crippen LogP contribution in [0.3, 0.4) is 0 Å². The maximum atomic E-state index is 2.69. The largest absolute Gasteiger partial charge is 0.302 e. The molecule has 1 aliphatic carbocycles. The molecule has 1 heteroatoms. The number of likely N-dealkylation sites (tertiary alicyclic amines) is 1. The van der Waals surface area contributed by atoms with Crippen LogP contribution in [0.15, 0.2) is 0 Å². The molecule has 1 heterocycles. The van der Waals surface area contributed by atoms with Crippen molar-refractivity contribution in [3.63, 3.8) is 0 Å². The molecule has 2 rings (SSSR count). The van der Waals surface area contributed by atoms with Gasteiger partial charge < -0.3 is 4.90 Å². The highest BCUT2D eigenvalue weighted by Gasteiger charge is 2.37. The molecule has 0 aromatic heterocycles. The zero-order valence-corrected chi connectivity index (χ0v) is 9.34. The van der Waals surface area contributed by atoms with Crippen LogP contribution in [0.2, 0.25) is 0 Å². The fraction of sp³-hybridized carbons (Fsp3) is 1.00. The first-order valence-electron chi connectivity index (χ1n) is 5.82. The van der Waals surface area contributed by atoms with Gasteiger partial charge in [-0.05, 0) is 43.1 Å². The fourth-order valence-corrected chi connectivity index (χ4v) is 2.38. The minimum absolute atomic E-state index is 0.606. The van der Waals surface area contributed by atoms with Crippen molar-refractivity contribution in [3.8, 4) is 0 Å². The Morgan fingerprint density at radius 2 is 2.08 bits per heavy atom. The molecule has 1 atom stereocenters. The van der Waals surface area contributed by atoms with Gasteiger partial charge in [-0.15, -0.1) is 0 Å². The molecule has 0 amide bonds. The molecular weight excluding hydrogens is 158 g/mol. The first kappa shape index (κ1) is 9.51. The summed E-state index contributed by atoms with van der Waals surface area (Å²) in [6.45, 7) is 11.3. The van der Waals surface area contributed by atoms with Crippen LogP contribution in [0.5, 0.6) is 0 Å². The maximum Gasteiger partial charge on any atom is 0.00384 e. The molecule has 2 aliphatic rings. The van der Waals surface area contributed by atoms with Crippen molar-refractivity contribution in [1.29, 1.82) is 0 Å². The molecule has 0 radical (unpaired) electrons. The van der Waals surface area contributed by atoms with E-state index in [9.17, 15) is 0 Å². The monoisotopic (exact) mass is 181 g/mol. The van der Waals surface area contributed by atoms with Crippen LogP contribution in [0.25, 0.3) is 0 Å². The average Bonchev–Trinajstić information content (AvgIpc) is 2.76. The molecule has 1 nitrogen and oxygen atoms in total. The van der Waals surface area contributed by atoms with Crippen LogP contribution >= 0.6 is 0 Å². The minimum atomic E-state index is 0.606. The SMILES string of the molecule is CC(C)C1(C)CCN(CC2CC2)C1. The summed E-state index contributed by atoms with van der Waals surface area (Å²) in [5.41, 5.74) is 0.606. The highest BCUT2D eigenvalue weighted by Crippen LogP contribution is 2.39. The number of hydrogen-bond donors (Lipinski definition) is 0. The Kier molecular flexibility index (Phi) is 2.39. The molecule has 1 aliphatic heterocycles. The summed E-state index contributed by atoms with van der Waals surface area (Å²) in [7, 11) is 0. The average molecular weight is 181 g/mol. The lowest BCUT2D eigenvalue weighted by Gasteiger charge is -2.29. The minimum Gasteiger partial charge on any atom is -0.302 e. The number of hydrogen-bond acceptors (Lipinski definition) is 1. The highest BCUT2D eigenvalue weighted by molar-refractivity contribution is 4.90. The van der Waals surface area contributed by atoms with Gasteiger partial charge in [0.2, 0.25) is 0 Å². The van der Waals surface area contributed by atoms with Gasteiger partial charge in [-0.1, -0.05) is 20.8 Å². The summed E-state index contributed by atoms with van der Waals surface area (Å²) in [5.74, 6) is 1.91. The quantitative estimate of drug-likeness (QED) is 0.647. The summed E-state index contributed by atoms with van der Waals surface area (Å²) in [5, 5.41) is 0. The summed E-state index contributed by atoms with van der Waals surface area (Å²) >= 11 is 0. The standard InChI is InChI=1S/C12H23N/c1-10(2)12(3)6-7-13(9-12)8-11-4-5-11/h10-11H,4-9H2,1-3H3. The van der Waals surface area contributed by atoms with E-state index in [1.54, 1.807) is 0 Å². The molecule has 1 unspecified atom stereocenters. The Hall–Kier alpha value is -0.0400. The van der Waals surface area contributed by atoms with Gasteiger partial charge in [0, 0.05) is 13.1 Å². The Labute approximate surface area is 82.5 Å². The van der Waals surface area contributed by atoms with Crippen LogP contribution in [0, 0.1) is 17.3 Å². The lowest BCUT2D eigenvalue weighted by molar-refractivity contribution is 0.206. The van der Waals surface area contributed by atoms with E-state index in [0.29, 0.717) is 5.41 Å². The fourth-order valence-electron chi connectivity index (χ4n) is 2.38. The summed E-state index contributed by atoms with van der Waals surface area (Å²) < 4.78 is 0. The van der Waals surface area contributed by atoms with E-state index in [2.05, 4.69) is 25.7 Å². The van der Waals surface area contributed by atoms with E-state index in [1.165, 1.54) is 38.9 Å². The molecular formula is C12H23N. The van der Waals surface area contributed by atoms with Gasteiger partial charge in [0.15, 0.2) is 0 Å². The molecule has 0 N–H and O–H groups in total. The molecule has 76 valence electrons. The molecule has 1 saturated heterocycles. The van der Waals surface area contributed by atoms with Crippen molar-refractivity contribution in [1.82, 2.24) is 4.90 Å². The topological polar surface area (TPSA) is 3.24 Å². The molecule has 2 fully saturated rings. The lowest BCUT2D eigenvalue weighted by atomic mass is 9.78. The summed E-state index contributed by atoms with van der Waals surface area (Å²) in [4.78, 5) is 2.69. The molecule has 13 heavy (non-hydrogen) atoms. The summed E-state index contributed by atoms with van der Waals surface area (Å²) in [6.07, 6.45) is 4.40. The maximum absolute atomic E-state index is 2.69. The predicted octanol–water partition coefficient (Wildman–Crippen LogP) is 2.76. The van der Waals surface area contributed by atoms with Crippen molar-refractivity contribution in [3.05, 3.63) is 0 Å². The van der Waals surface area contributed by atoms with Crippen molar-refractivity contribution >= 4 is 0 Å².